The van der Waals surface area contributed by atoms with Crippen molar-refractivity contribution in [3.8, 4) is 0 Å². The first-order valence-electron chi connectivity index (χ1n) is 10.3. The molecule has 6 heteroatoms. The topological polar surface area (TPSA) is 27.6 Å². The highest BCUT2D eigenvalue weighted by Gasteiger charge is 2.31. The molecule has 0 aliphatic carbocycles. The van der Waals surface area contributed by atoms with Crippen LogP contribution in [-0.4, -0.2) is 23.8 Å². The molecule has 160 valence electrons. The van der Waals surface area contributed by atoms with Crippen LogP contribution >= 0.6 is 0 Å². The number of aliphatic imine (C=N–C) groups is 1. The maximum absolute atomic E-state index is 13.2. The summed E-state index contributed by atoms with van der Waals surface area (Å²) in [7, 11) is 0. The lowest BCUT2D eigenvalue weighted by molar-refractivity contribution is -0.137. The summed E-state index contributed by atoms with van der Waals surface area (Å²) in [6, 6.07) is 25.0. The van der Waals surface area contributed by atoms with E-state index < -0.39 is 11.7 Å². The van der Waals surface area contributed by atoms with E-state index in [1.54, 1.807) is 6.07 Å². The van der Waals surface area contributed by atoms with Gasteiger partial charge in [-0.05, 0) is 42.3 Å². The average Bonchev–Trinajstić information content (AvgIpc) is 2.97. The smallest absolute Gasteiger partial charge is 0.354 e. The second-order valence-corrected chi connectivity index (χ2v) is 7.58. The van der Waals surface area contributed by atoms with Crippen LogP contribution in [0.4, 0.5) is 18.9 Å². The lowest BCUT2D eigenvalue weighted by Crippen LogP contribution is -2.37. The van der Waals surface area contributed by atoms with E-state index in [9.17, 15) is 13.2 Å². The van der Waals surface area contributed by atoms with Crippen LogP contribution in [0, 0.1) is 0 Å². The van der Waals surface area contributed by atoms with Crippen LogP contribution in [0.5, 0.6) is 0 Å². The lowest BCUT2D eigenvalue weighted by atomic mass is 10.0. The van der Waals surface area contributed by atoms with Gasteiger partial charge < -0.3 is 10.2 Å². The number of nitrogens with one attached hydrogen (secondary N) is 1. The third-order valence-corrected chi connectivity index (χ3v) is 5.30. The van der Waals surface area contributed by atoms with Gasteiger partial charge in [-0.3, -0.25) is 0 Å². The van der Waals surface area contributed by atoms with Gasteiger partial charge in [-0.2, -0.15) is 13.2 Å². The summed E-state index contributed by atoms with van der Waals surface area (Å²) in [5.41, 5.74) is 1.77. The molecule has 0 amide bonds. The summed E-state index contributed by atoms with van der Waals surface area (Å²) in [5, 5.41) is 3.53. The van der Waals surface area contributed by atoms with Crippen molar-refractivity contribution in [3.63, 3.8) is 0 Å². The van der Waals surface area contributed by atoms with Gasteiger partial charge in [-0.15, -0.1) is 0 Å². The van der Waals surface area contributed by atoms with E-state index in [0.29, 0.717) is 12.2 Å². The Labute approximate surface area is 180 Å². The second kappa shape index (κ2) is 9.35. The molecule has 0 bridgehead atoms. The van der Waals surface area contributed by atoms with Gasteiger partial charge in [-0.1, -0.05) is 66.7 Å². The van der Waals surface area contributed by atoms with E-state index in [0.717, 1.165) is 48.6 Å². The predicted octanol–water partition coefficient (Wildman–Crippen LogP) is 5.97. The summed E-state index contributed by atoms with van der Waals surface area (Å²) in [4.78, 5) is 6.94. The van der Waals surface area contributed by atoms with Crippen LogP contribution in [-0.2, 0) is 12.7 Å². The summed E-state index contributed by atoms with van der Waals surface area (Å²) >= 11 is 0. The molecule has 4 rings (SSSR count). The number of nitrogens with zero attached hydrogens (tertiary/aromatic N) is 2. The lowest BCUT2D eigenvalue weighted by Gasteiger charge is -2.29. The normalized spacial score (nSPS) is 18.7. The third kappa shape index (κ3) is 5.33. The maximum atomic E-state index is 13.2. The predicted molar refractivity (Wildman–Crippen MR) is 117 cm³/mol. The van der Waals surface area contributed by atoms with Crippen molar-refractivity contribution in [1.29, 1.82) is 0 Å². The molecular weight excluding hydrogens is 399 g/mol. The number of hydrogen-bond donors (Lipinski definition) is 1. The molecule has 1 aliphatic heterocycles. The monoisotopic (exact) mass is 423 g/mol. The van der Waals surface area contributed by atoms with Crippen molar-refractivity contribution >= 4 is 11.5 Å². The van der Waals surface area contributed by atoms with Crippen LogP contribution in [0.25, 0.3) is 0 Å². The van der Waals surface area contributed by atoms with Crippen LogP contribution in [0.2, 0.25) is 0 Å². The van der Waals surface area contributed by atoms with Crippen LogP contribution < -0.4 is 5.32 Å². The molecule has 3 nitrogen and oxygen atoms in total. The van der Waals surface area contributed by atoms with E-state index in [-0.39, 0.29) is 6.04 Å². The summed E-state index contributed by atoms with van der Waals surface area (Å²) in [6.45, 7) is 2.21. The van der Waals surface area contributed by atoms with Gasteiger partial charge in [-0.25, -0.2) is 4.99 Å². The Hall–Kier alpha value is -3.12. The molecule has 31 heavy (non-hydrogen) atoms. The van der Waals surface area contributed by atoms with Crippen LogP contribution in [0.1, 0.15) is 29.2 Å². The molecule has 1 aliphatic rings. The van der Waals surface area contributed by atoms with Crippen LogP contribution in [0.3, 0.4) is 0 Å². The fourth-order valence-electron chi connectivity index (χ4n) is 3.80. The highest BCUT2D eigenvalue weighted by molar-refractivity contribution is 5.91. The van der Waals surface area contributed by atoms with E-state index in [2.05, 4.69) is 22.3 Å². The van der Waals surface area contributed by atoms with E-state index in [4.69, 9.17) is 4.99 Å². The first-order valence-corrected chi connectivity index (χ1v) is 10.3. The summed E-state index contributed by atoms with van der Waals surface area (Å²) in [6.07, 6.45) is -3.49. The molecule has 1 unspecified atom stereocenters. The van der Waals surface area contributed by atoms with Crippen molar-refractivity contribution in [2.45, 2.75) is 25.2 Å². The Morgan fingerprint density at radius 2 is 1.61 bits per heavy atom. The molecular formula is C25H24F3N3. The van der Waals surface area contributed by atoms with Crippen LogP contribution in [0.15, 0.2) is 89.9 Å². The first-order chi connectivity index (χ1) is 15.0. The van der Waals surface area contributed by atoms with Gasteiger partial charge in [0.25, 0.3) is 0 Å². The van der Waals surface area contributed by atoms with Crippen molar-refractivity contribution in [3.05, 3.63) is 102 Å². The molecule has 3 aromatic carbocycles. The van der Waals surface area contributed by atoms with Crippen molar-refractivity contribution < 1.29 is 13.2 Å². The quantitative estimate of drug-likeness (QED) is 0.560. The minimum atomic E-state index is -4.40. The average molecular weight is 423 g/mol. The Balaban J connectivity index is 1.77. The molecule has 0 saturated carbocycles. The highest BCUT2D eigenvalue weighted by atomic mass is 19.4. The molecule has 1 N–H and O–H groups in total. The zero-order valence-corrected chi connectivity index (χ0v) is 17.0. The van der Waals surface area contributed by atoms with Crippen molar-refractivity contribution in [1.82, 2.24) is 10.2 Å². The number of amidine groups is 1. The summed E-state index contributed by atoms with van der Waals surface area (Å²) < 4.78 is 39.7. The first kappa shape index (κ1) is 21.1. The number of alkyl halides is 3. The molecule has 0 aromatic heterocycles. The zero-order chi connectivity index (χ0) is 21.7. The molecule has 1 atom stereocenters. The number of hydrogen-bond acceptors (Lipinski definition) is 2. The standard InChI is InChI=1S/C25H24F3N3/c26-25(27,28)21-13-7-14-22(17-21)30-24-23(20-11-5-2-6-12-20)29-15-8-16-31(24)18-19-9-3-1-4-10-19/h1-7,9-14,17,23,29H,8,15-16,18H2. The Kier molecular flexibility index (Phi) is 6.37. The minimum Gasteiger partial charge on any atom is -0.354 e. The third-order valence-electron chi connectivity index (χ3n) is 5.30. The Morgan fingerprint density at radius 1 is 0.903 bits per heavy atom. The fraction of sp³-hybridized carbons (Fsp3) is 0.240. The number of rotatable bonds is 4. The molecule has 3 aromatic rings. The molecule has 0 radical (unpaired) electrons. The van der Waals surface area contributed by atoms with Crippen molar-refractivity contribution in [2.24, 2.45) is 4.99 Å². The molecule has 1 heterocycles. The van der Waals surface area contributed by atoms with Gasteiger partial charge in [0.2, 0.25) is 0 Å². The molecule has 1 saturated heterocycles. The number of benzene rings is 3. The Morgan fingerprint density at radius 3 is 2.32 bits per heavy atom. The van der Waals surface area contributed by atoms with Gasteiger partial charge in [0.1, 0.15) is 5.84 Å². The molecule has 0 spiro atoms. The Bertz CT molecular complexity index is 1020. The van der Waals surface area contributed by atoms with Gasteiger partial charge in [0, 0.05) is 13.1 Å². The van der Waals surface area contributed by atoms with E-state index in [1.807, 2.05) is 48.5 Å². The molecule has 1 fully saturated rings. The minimum absolute atomic E-state index is 0.207. The summed E-state index contributed by atoms with van der Waals surface area (Å²) in [5.74, 6) is 0.729. The van der Waals surface area contributed by atoms with E-state index >= 15 is 0 Å². The van der Waals surface area contributed by atoms with Gasteiger partial charge in [0.05, 0.1) is 17.3 Å². The van der Waals surface area contributed by atoms with Crippen molar-refractivity contribution in [2.75, 3.05) is 13.1 Å². The van der Waals surface area contributed by atoms with Gasteiger partial charge >= 0.3 is 6.18 Å². The van der Waals surface area contributed by atoms with Gasteiger partial charge in [0.15, 0.2) is 0 Å². The van der Waals surface area contributed by atoms with E-state index in [1.165, 1.54) is 6.07 Å². The number of halogens is 3. The fourth-order valence-corrected chi connectivity index (χ4v) is 3.80. The highest BCUT2D eigenvalue weighted by Crippen LogP contribution is 2.32. The SMILES string of the molecule is FC(F)(F)c1cccc(N=C2C(c3ccccc3)NCCCN2Cc2ccccc2)c1. The zero-order valence-electron chi connectivity index (χ0n) is 17.0. The largest absolute Gasteiger partial charge is 0.416 e. The second-order valence-electron chi connectivity index (χ2n) is 7.58. The maximum Gasteiger partial charge on any atom is 0.416 e.